The maximum atomic E-state index is 12.4. The van der Waals surface area contributed by atoms with E-state index in [-0.39, 0.29) is 0 Å². The second-order valence-electron chi connectivity index (χ2n) is 3.13. The summed E-state index contributed by atoms with van der Waals surface area (Å²) in [6.45, 7) is 4.79. The van der Waals surface area contributed by atoms with E-state index in [1.54, 1.807) is 11.8 Å². The largest absolute Gasteiger partial charge is 0.283 e. The molecule has 1 aromatic carbocycles. The molecule has 0 amide bonds. The highest BCUT2D eigenvalue weighted by Gasteiger charge is 2.21. The topological polar surface area (TPSA) is 29.1 Å². The van der Waals surface area contributed by atoms with Crippen molar-refractivity contribution < 1.29 is 4.57 Å². The number of hydrogen-bond donors (Lipinski definition) is 1. The first-order valence-corrected chi connectivity index (χ1v) is 11.4. The van der Waals surface area contributed by atoms with E-state index in [0.717, 1.165) is 17.4 Å². The quantitative estimate of drug-likeness (QED) is 0.417. The van der Waals surface area contributed by atoms with Crippen LogP contribution in [0.15, 0.2) is 35.2 Å². The average Bonchev–Trinajstić information content (AvgIpc) is 2.31. The molecule has 0 aliphatic rings. The van der Waals surface area contributed by atoms with Gasteiger partial charge in [-0.1, -0.05) is 54.8 Å². The summed E-state index contributed by atoms with van der Waals surface area (Å²) in [7, 11) is 0. The second-order valence-corrected chi connectivity index (χ2v) is 12.6. The van der Waals surface area contributed by atoms with Gasteiger partial charge in [0.25, 0.3) is 5.70 Å². The number of benzene rings is 1. The lowest BCUT2D eigenvalue weighted by Crippen LogP contribution is -2.04. The molecule has 1 aromatic rings. The van der Waals surface area contributed by atoms with E-state index in [1.165, 1.54) is 27.7 Å². The lowest BCUT2D eigenvalue weighted by Gasteiger charge is -2.16. The zero-order valence-electron chi connectivity index (χ0n) is 10.1. The van der Waals surface area contributed by atoms with Gasteiger partial charge in [-0.15, -0.1) is 11.8 Å². The van der Waals surface area contributed by atoms with E-state index in [9.17, 15) is 4.57 Å². The van der Waals surface area contributed by atoms with Gasteiger partial charge in [-0.25, -0.2) is 0 Å². The normalized spacial score (nSPS) is 14.5. The Bertz CT molecular complexity index is 351. The molecule has 0 saturated heterocycles. The highest BCUT2D eigenvalue weighted by atomic mass is 33.1. The van der Waals surface area contributed by atoms with Gasteiger partial charge in [-0.2, -0.15) is 0 Å². The third-order valence-corrected chi connectivity index (χ3v) is 11.4. The van der Waals surface area contributed by atoms with Crippen LogP contribution >= 0.6 is 40.2 Å². The van der Waals surface area contributed by atoms with Crippen LogP contribution in [0.2, 0.25) is 0 Å². The maximum Gasteiger partial charge on any atom is 0.255 e. The van der Waals surface area contributed by atoms with Crippen LogP contribution in [0.1, 0.15) is 13.8 Å². The molecule has 0 fully saturated rings. The van der Waals surface area contributed by atoms with Crippen molar-refractivity contribution >= 4 is 40.2 Å². The molecule has 1 atom stereocenters. The zero-order chi connectivity index (χ0) is 12.6. The number of nitrogens with one attached hydrogen (secondary N) is 1. The summed E-state index contributed by atoms with van der Waals surface area (Å²) in [5.74, 6) is 0.882. The number of thioether (sulfide) groups is 1. The molecule has 17 heavy (non-hydrogen) atoms. The van der Waals surface area contributed by atoms with Gasteiger partial charge in [0, 0.05) is 11.4 Å². The summed E-state index contributed by atoms with van der Waals surface area (Å²) in [5, 5.41) is 3.94. The van der Waals surface area contributed by atoms with Gasteiger partial charge in [-0.3, -0.25) is 9.65 Å². The Kier molecular flexibility index (Phi) is 7.80. The van der Waals surface area contributed by atoms with E-state index in [2.05, 4.69) is 17.2 Å². The molecule has 1 N–H and O–H groups in total. The molecular weight excluding hydrogens is 289 g/mol. The highest BCUT2D eigenvalue weighted by molar-refractivity contribution is 8.90. The Morgan fingerprint density at radius 3 is 2.47 bits per heavy atom. The van der Waals surface area contributed by atoms with Crippen molar-refractivity contribution in [2.45, 2.75) is 18.7 Å². The fraction of sp³-hybridized carbons (Fsp3) is 0.455. The Morgan fingerprint density at radius 2 is 1.88 bits per heavy atom. The third-order valence-electron chi connectivity index (χ3n) is 1.84. The molecule has 0 radical (unpaired) electrons. The molecule has 0 aromatic heterocycles. The minimum Gasteiger partial charge on any atom is -0.283 e. The lowest BCUT2D eigenvalue weighted by molar-refractivity contribution is 0.587. The van der Waals surface area contributed by atoms with Crippen LogP contribution in [0, 0.1) is 0 Å². The Balaban J connectivity index is 2.40. The molecule has 6 heteroatoms. The van der Waals surface area contributed by atoms with E-state index >= 15 is 0 Å². The summed E-state index contributed by atoms with van der Waals surface area (Å²) in [5.41, 5.74) is -2.29. The van der Waals surface area contributed by atoms with Crippen molar-refractivity contribution in [2.75, 3.05) is 17.4 Å². The first-order valence-electron chi connectivity index (χ1n) is 5.52. The van der Waals surface area contributed by atoms with Crippen LogP contribution in [0.4, 0.5) is 0 Å². The van der Waals surface area contributed by atoms with Crippen molar-refractivity contribution in [3.8, 4) is 0 Å². The van der Waals surface area contributed by atoms with Gasteiger partial charge in [-0.05, 0) is 17.9 Å². The van der Waals surface area contributed by atoms with Crippen LogP contribution in [0.3, 0.4) is 0 Å². The van der Waals surface area contributed by atoms with Crippen LogP contribution in [-0.2, 0) is 4.57 Å². The lowest BCUT2D eigenvalue weighted by atomic mass is 10.4. The monoisotopic (exact) mass is 307 g/mol. The first-order chi connectivity index (χ1) is 8.20. The zero-order valence-corrected chi connectivity index (χ0v) is 13.4. The molecular formula is C11H18NOPS3. The third kappa shape index (κ3) is 6.25. The average molecular weight is 307 g/mol. The van der Waals surface area contributed by atoms with Gasteiger partial charge in [0.1, 0.15) is 0 Å². The predicted molar refractivity (Wildman–Crippen MR) is 84.2 cm³/mol. The first kappa shape index (κ1) is 15.5. The van der Waals surface area contributed by atoms with Gasteiger partial charge >= 0.3 is 0 Å². The molecule has 1 rings (SSSR count). The Morgan fingerprint density at radius 1 is 1.18 bits per heavy atom. The second kappa shape index (κ2) is 8.54. The van der Waals surface area contributed by atoms with E-state index in [1.807, 2.05) is 32.0 Å². The highest BCUT2D eigenvalue weighted by Crippen LogP contribution is 2.66. The summed E-state index contributed by atoms with van der Waals surface area (Å²) >= 11 is 4.81. The minimum absolute atomic E-state index is 0.757. The molecule has 0 spiro atoms. The summed E-state index contributed by atoms with van der Waals surface area (Å²) in [4.78, 5) is 1.23. The summed E-state index contributed by atoms with van der Waals surface area (Å²) in [6.07, 6.45) is 0. The smallest absolute Gasteiger partial charge is 0.255 e. The van der Waals surface area contributed by atoms with Crippen molar-refractivity contribution in [3.05, 3.63) is 30.3 Å². The van der Waals surface area contributed by atoms with E-state index in [0.29, 0.717) is 0 Å². The molecule has 1 unspecified atom stereocenters. The molecule has 0 aliphatic heterocycles. The van der Waals surface area contributed by atoms with Crippen LogP contribution in [0.5, 0.6) is 0 Å². The van der Waals surface area contributed by atoms with Gasteiger partial charge in [0.2, 0.25) is 0 Å². The standard InChI is InChI=1S/C11H18NOPS3/c1-3-12-14(13,16-4-2)17-10-15-11-8-6-5-7-9-11/h5-9H,3-4,10H2,1-2H3,(H,12,13). The minimum atomic E-state index is -2.29. The van der Waals surface area contributed by atoms with E-state index < -0.39 is 5.70 Å². The summed E-state index contributed by atoms with van der Waals surface area (Å²) < 4.78 is 12.4. The number of hydrogen-bond acceptors (Lipinski definition) is 4. The molecule has 0 saturated carbocycles. The molecule has 2 nitrogen and oxygen atoms in total. The van der Waals surface area contributed by atoms with Gasteiger partial charge < -0.3 is 0 Å². The fourth-order valence-electron chi connectivity index (χ4n) is 1.17. The Hall–Kier alpha value is 0.460. The van der Waals surface area contributed by atoms with Crippen molar-refractivity contribution in [1.29, 1.82) is 0 Å². The van der Waals surface area contributed by atoms with E-state index in [4.69, 9.17) is 0 Å². The maximum absolute atomic E-state index is 12.4. The SMILES string of the molecule is CCNP(=O)(SCC)SCSc1ccccc1. The predicted octanol–water partition coefficient (Wildman–Crippen LogP) is 4.94. The van der Waals surface area contributed by atoms with Crippen molar-refractivity contribution in [3.63, 3.8) is 0 Å². The van der Waals surface area contributed by atoms with Crippen LogP contribution in [0.25, 0.3) is 0 Å². The fourth-order valence-corrected chi connectivity index (χ4v) is 10.9. The molecule has 96 valence electrons. The Labute approximate surface area is 116 Å². The van der Waals surface area contributed by atoms with Crippen LogP contribution in [-0.4, -0.2) is 17.4 Å². The van der Waals surface area contributed by atoms with Crippen molar-refractivity contribution in [1.82, 2.24) is 5.09 Å². The van der Waals surface area contributed by atoms with Crippen LogP contribution < -0.4 is 5.09 Å². The molecule has 0 aliphatic carbocycles. The molecule has 0 heterocycles. The van der Waals surface area contributed by atoms with Gasteiger partial charge in [0.05, 0.1) is 5.08 Å². The van der Waals surface area contributed by atoms with Crippen molar-refractivity contribution in [2.24, 2.45) is 0 Å². The summed E-state index contributed by atoms with van der Waals surface area (Å²) in [6, 6.07) is 10.2. The number of rotatable bonds is 8. The van der Waals surface area contributed by atoms with Gasteiger partial charge in [0.15, 0.2) is 0 Å². The molecule has 0 bridgehead atoms.